The summed E-state index contributed by atoms with van der Waals surface area (Å²) in [5.74, 6) is 1.56. The highest BCUT2D eigenvalue weighted by atomic mass is 16.6. The Balaban J connectivity index is 1.42. The molecule has 1 aromatic carbocycles. The summed E-state index contributed by atoms with van der Waals surface area (Å²) in [5, 5.41) is 4.43. The Hall–Kier alpha value is -2.50. The summed E-state index contributed by atoms with van der Waals surface area (Å²) >= 11 is 0. The topological polar surface area (TPSA) is 56.6 Å². The Bertz CT molecular complexity index is 928. The molecule has 174 valence electrons. The van der Waals surface area contributed by atoms with E-state index in [2.05, 4.69) is 37.1 Å². The number of hydrogen-bond donors (Lipinski definition) is 0. The third-order valence-corrected chi connectivity index (χ3v) is 7.46. The van der Waals surface area contributed by atoms with Gasteiger partial charge >= 0.3 is 6.09 Å². The first-order chi connectivity index (χ1) is 15.4. The smallest absolute Gasteiger partial charge is 0.410 e. The van der Waals surface area contributed by atoms with E-state index in [0.717, 1.165) is 41.0 Å². The van der Waals surface area contributed by atoms with Crippen molar-refractivity contribution in [3.05, 3.63) is 35.7 Å². The van der Waals surface area contributed by atoms with Gasteiger partial charge in [-0.3, -0.25) is 4.68 Å². The lowest BCUT2D eigenvalue weighted by Crippen LogP contribution is -2.42. The summed E-state index contributed by atoms with van der Waals surface area (Å²) in [7, 11) is 3.73. The second-order valence-corrected chi connectivity index (χ2v) is 9.58. The molecule has 1 heterocycles. The lowest BCUT2D eigenvalue weighted by Gasteiger charge is -2.36. The molecule has 6 nitrogen and oxygen atoms in total. The van der Waals surface area contributed by atoms with Gasteiger partial charge in [0.05, 0.1) is 18.0 Å². The normalized spacial score (nSPS) is 18.1. The molecule has 0 unspecified atom stereocenters. The molecule has 0 aliphatic heterocycles. The molecule has 0 spiro atoms. The maximum Gasteiger partial charge on any atom is 0.410 e. The zero-order chi connectivity index (χ0) is 22.7. The Kier molecular flexibility index (Phi) is 7.07. The number of amides is 1. The lowest BCUT2D eigenvalue weighted by molar-refractivity contribution is 0.0690. The van der Waals surface area contributed by atoms with Crippen molar-refractivity contribution < 1.29 is 14.3 Å². The van der Waals surface area contributed by atoms with E-state index in [1.165, 1.54) is 38.5 Å². The zero-order valence-electron chi connectivity index (χ0n) is 20.0. The van der Waals surface area contributed by atoms with Crippen LogP contribution in [-0.4, -0.2) is 40.0 Å². The summed E-state index contributed by atoms with van der Waals surface area (Å²) < 4.78 is 13.8. The molecule has 1 atom stereocenters. The summed E-state index contributed by atoms with van der Waals surface area (Å²) in [6, 6.07) is 6.50. The molecule has 6 heteroatoms. The SMILES string of the molecule is Cc1cc(-c2cnn(C)c2COC(=O)N(C)[C@@H](C)C2CCC2)ccc1OC1CCCCC1. The molecule has 4 rings (SSSR count). The van der Waals surface area contributed by atoms with Gasteiger partial charge in [-0.1, -0.05) is 18.9 Å². The van der Waals surface area contributed by atoms with Crippen LogP contribution in [0.25, 0.3) is 11.1 Å². The van der Waals surface area contributed by atoms with Gasteiger partial charge in [-0.05, 0) is 81.5 Å². The van der Waals surface area contributed by atoms with E-state index < -0.39 is 0 Å². The Morgan fingerprint density at radius 3 is 2.59 bits per heavy atom. The fraction of sp³-hybridized carbons (Fsp3) is 0.615. The van der Waals surface area contributed by atoms with Crippen LogP contribution in [0.15, 0.2) is 24.4 Å². The predicted molar refractivity (Wildman–Crippen MR) is 126 cm³/mol. The monoisotopic (exact) mass is 439 g/mol. The summed E-state index contributed by atoms with van der Waals surface area (Å²) in [5.41, 5.74) is 4.06. The molecule has 2 aliphatic carbocycles. The van der Waals surface area contributed by atoms with Crippen molar-refractivity contribution in [3.8, 4) is 16.9 Å². The van der Waals surface area contributed by atoms with E-state index in [4.69, 9.17) is 9.47 Å². The molecule has 0 saturated heterocycles. The van der Waals surface area contributed by atoms with Crippen molar-refractivity contribution in [3.63, 3.8) is 0 Å². The van der Waals surface area contributed by atoms with Gasteiger partial charge in [0.1, 0.15) is 12.4 Å². The minimum absolute atomic E-state index is 0.200. The summed E-state index contributed by atoms with van der Waals surface area (Å²) in [6.45, 7) is 4.40. The number of aromatic nitrogens is 2. The molecule has 2 aromatic rings. The average Bonchev–Trinajstić information content (AvgIpc) is 3.12. The summed E-state index contributed by atoms with van der Waals surface area (Å²) in [6.07, 6.45) is 11.7. The van der Waals surface area contributed by atoms with Crippen molar-refractivity contribution in [2.45, 2.75) is 84.0 Å². The van der Waals surface area contributed by atoms with E-state index in [-0.39, 0.29) is 18.7 Å². The maximum atomic E-state index is 12.6. The van der Waals surface area contributed by atoms with Crippen LogP contribution in [0.3, 0.4) is 0 Å². The van der Waals surface area contributed by atoms with Crippen molar-refractivity contribution in [1.29, 1.82) is 0 Å². The number of carbonyl (C=O) groups is 1. The number of benzene rings is 1. The van der Waals surface area contributed by atoms with Gasteiger partial charge in [0.25, 0.3) is 0 Å². The van der Waals surface area contributed by atoms with Crippen LogP contribution >= 0.6 is 0 Å². The molecule has 0 radical (unpaired) electrons. The molecule has 1 amide bonds. The van der Waals surface area contributed by atoms with Crippen LogP contribution in [0.5, 0.6) is 5.75 Å². The standard InChI is InChI=1S/C26H37N3O3/c1-18-15-21(13-14-25(18)32-22-11-6-5-7-12-22)23-16-27-29(4)24(23)17-31-26(30)28(3)19(2)20-9-8-10-20/h13-16,19-20,22H,5-12,17H2,1-4H3/t19-/m0/s1. The number of aryl methyl sites for hydroxylation is 2. The van der Waals surface area contributed by atoms with E-state index in [1.807, 2.05) is 20.3 Å². The maximum absolute atomic E-state index is 12.6. The number of carbonyl (C=O) groups excluding carboxylic acids is 1. The highest BCUT2D eigenvalue weighted by molar-refractivity contribution is 5.70. The van der Waals surface area contributed by atoms with Gasteiger partial charge in [0.2, 0.25) is 0 Å². The first-order valence-corrected chi connectivity index (χ1v) is 12.1. The van der Waals surface area contributed by atoms with E-state index in [0.29, 0.717) is 12.0 Å². The Labute approximate surface area is 191 Å². The largest absolute Gasteiger partial charge is 0.490 e. The van der Waals surface area contributed by atoms with Gasteiger partial charge in [0.15, 0.2) is 0 Å². The second kappa shape index (κ2) is 9.97. The molecule has 2 aliphatic rings. The minimum Gasteiger partial charge on any atom is -0.490 e. The third-order valence-electron chi connectivity index (χ3n) is 7.46. The zero-order valence-corrected chi connectivity index (χ0v) is 20.0. The first kappa shape index (κ1) is 22.7. The fourth-order valence-electron chi connectivity index (χ4n) is 4.82. The van der Waals surface area contributed by atoms with E-state index >= 15 is 0 Å². The highest BCUT2D eigenvalue weighted by Crippen LogP contribution is 2.33. The average molecular weight is 440 g/mol. The molecule has 0 bridgehead atoms. The van der Waals surface area contributed by atoms with Crippen LogP contribution in [0.1, 0.15) is 69.5 Å². The quantitative estimate of drug-likeness (QED) is 0.542. The molecule has 32 heavy (non-hydrogen) atoms. The van der Waals surface area contributed by atoms with E-state index in [1.54, 1.807) is 9.58 Å². The fourth-order valence-corrected chi connectivity index (χ4v) is 4.82. The minimum atomic E-state index is -0.274. The molecule has 1 aromatic heterocycles. The Morgan fingerprint density at radius 1 is 1.19 bits per heavy atom. The molecular weight excluding hydrogens is 402 g/mol. The van der Waals surface area contributed by atoms with Gasteiger partial charge in [0, 0.05) is 25.7 Å². The lowest BCUT2D eigenvalue weighted by atomic mass is 9.80. The number of hydrogen-bond acceptors (Lipinski definition) is 4. The van der Waals surface area contributed by atoms with Gasteiger partial charge in [-0.25, -0.2) is 4.79 Å². The van der Waals surface area contributed by atoms with E-state index in [9.17, 15) is 4.79 Å². The van der Waals surface area contributed by atoms with Crippen LogP contribution < -0.4 is 4.74 Å². The number of ether oxygens (including phenoxy) is 2. The molecular formula is C26H37N3O3. The van der Waals surface area contributed by atoms with Crippen molar-refractivity contribution in [1.82, 2.24) is 14.7 Å². The van der Waals surface area contributed by atoms with Crippen LogP contribution in [0.2, 0.25) is 0 Å². The predicted octanol–water partition coefficient (Wildman–Crippen LogP) is 5.86. The number of rotatable bonds is 7. The molecule has 2 saturated carbocycles. The van der Waals surface area contributed by atoms with Gasteiger partial charge in [-0.15, -0.1) is 0 Å². The van der Waals surface area contributed by atoms with Crippen molar-refractivity contribution in [2.75, 3.05) is 7.05 Å². The number of nitrogens with zero attached hydrogens (tertiary/aromatic N) is 3. The molecule has 0 N–H and O–H groups in total. The highest BCUT2D eigenvalue weighted by Gasteiger charge is 2.30. The van der Waals surface area contributed by atoms with Crippen LogP contribution in [0.4, 0.5) is 4.79 Å². The van der Waals surface area contributed by atoms with Gasteiger partial charge < -0.3 is 14.4 Å². The van der Waals surface area contributed by atoms with Crippen molar-refractivity contribution in [2.24, 2.45) is 13.0 Å². The van der Waals surface area contributed by atoms with Crippen molar-refractivity contribution >= 4 is 6.09 Å². The van der Waals surface area contributed by atoms with Crippen LogP contribution in [0, 0.1) is 12.8 Å². The summed E-state index contributed by atoms with van der Waals surface area (Å²) in [4.78, 5) is 14.4. The second-order valence-electron chi connectivity index (χ2n) is 9.58. The third kappa shape index (κ3) is 4.94. The molecule has 2 fully saturated rings. The Morgan fingerprint density at radius 2 is 1.94 bits per heavy atom. The van der Waals surface area contributed by atoms with Gasteiger partial charge in [-0.2, -0.15) is 5.10 Å². The first-order valence-electron chi connectivity index (χ1n) is 12.1. The van der Waals surface area contributed by atoms with Crippen LogP contribution in [-0.2, 0) is 18.4 Å².